The van der Waals surface area contributed by atoms with Gasteiger partial charge in [-0.2, -0.15) is 0 Å². The summed E-state index contributed by atoms with van der Waals surface area (Å²) in [5.41, 5.74) is 1.04. The van der Waals surface area contributed by atoms with Gasteiger partial charge in [-0.05, 0) is 53.5 Å². The summed E-state index contributed by atoms with van der Waals surface area (Å²) in [7, 11) is 0. The van der Waals surface area contributed by atoms with E-state index in [1.54, 1.807) is 0 Å². The van der Waals surface area contributed by atoms with Gasteiger partial charge in [0.25, 0.3) is 0 Å². The van der Waals surface area contributed by atoms with Crippen LogP contribution in [0, 0.1) is 9.49 Å². The molecule has 1 aliphatic heterocycles. The maximum Gasteiger partial charge on any atom is 0.143 e. The Balaban J connectivity index is 1.99. The van der Waals surface area contributed by atoms with Gasteiger partial charge in [0.2, 0.25) is 0 Å². The van der Waals surface area contributed by atoms with Crippen molar-refractivity contribution in [1.82, 2.24) is 9.55 Å². The first-order chi connectivity index (χ1) is 8.70. The summed E-state index contributed by atoms with van der Waals surface area (Å²) < 4.78 is 9.56. The molecule has 0 aliphatic carbocycles. The normalized spacial score (nSPS) is 28.1. The van der Waals surface area contributed by atoms with Crippen molar-refractivity contribution in [3.63, 3.8) is 0 Å². The van der Waals surface area contributed by atoms with Crippen LogP contribution in [0.2, 0.25) is 0 Å². The fraction of sp³-hybridized carbons (Fsp3) is 0.500. The van der Waals surface area contributed by atoms with Gasteiger partial charge in [-0.3, -0.25) is 0 Å². The third-order valence-corrected chi connectivity index (χ3v) is 4.76. The van der Waals surface area contributed by atoms with E-state index < -0.39 is 0 Å². The second-order valence-electron chi connectivity index (χ2n) is 5.00. The van der Waals surface area contributed by atoms with Crippen LogP contribution in [0.5, 0.6) is 0 Å². The van der Waals surface area contributed by atoms with Gasteiger partial charge in [0.1, 0.15) is 11.9 Å². The van der Waals surface area contributed by atoms with E-state index in [0.29, 0.717) is 12.0 Å². The topological polar surface area (TPSA) is 27.1 Å². The maximum absolute atomic E-state index is 6.14. The Hall–Kier alpha value is -0.620. The number of nitrogens with zero attached hydrogens (tertiary/aromatic N) is 2. The van der Waals surface area contributed by atoms with Crippen molar-refractivity contribution in [3.8, 4) is 0 Å². The zero-order valence-electron chi connectivity index (χ0n) is 10.6. The molecule has 0 spiro atoms. The van der Waals surface area contributed by atoms with Gasteiger partial charge in [-0.25, -0.2) is 4.98 Å². The SMILES string of the molecule is CC[C@H]1O[C@@H](n2ccc3c(I)ccnc32)CC1C. The summed E-state index contributed by atoms with van der Waals surface area (Å²) in [6, 6.07) is 4.18. The molecule has 1 saturated heterocycles. The Labute approximate surface area is 121 Å². The summed E-state index contributed by atoms with van der Waals surface area (Å²) >= 11 is 2.36. The molecule has 0 aromatic carbocycles. The van der Waals surface area contributed by atoms with Gasteiger partial charge in [-0.15, -0.1) is 0 Å². The van der Waals surface area contributed by atoms with Crippen LogP contribution in [0.25, 0.3) is 11.0 Å². The number of rotatable bonds is 2. The Kier molecular flexibility index (Phi) is 3.32. The van der Waals surface area contributed by atoms with Crippen molar-refractivity contribution < 1.29 is 4.74 Å². The van der Waals surface area contributed by atoms with Gasteiger partial charge in [0.15, 0.2) is 0 Å². The number of hydrogen-bond acceptors (Lipinski definition) is 2. The molecule has 1 fully saturated rings. The van der Waals surface area contributed by atoms with Gasteiger partial charge in [0.05, 0.1) is 6.10 Å². The molecule has 0 amide bonds. The van der Waals surface area contributed by atoms with Crippen molar-refractivity contribution >= 4 is 33.6 Å². The molecule has 3 heterocycles. The van der Waals surface area contributed by atoms with Crippen LogP contribution in [-0.4, -0.2) is 15.7 Å². The highest BCUT2D eigenvalue weighted by Crippen LogP contribution is 2.36. The lowest BCUT2D eigenvalue weighted by molar-refractivity contribution is -0.00275. The standard InChI is InChI=1S/C14H17IN2O/c1-3-12-9(2)8-13(18-12)17-7-5-10-11(15)4-6-16-14(10)17/h4-7,9,12-13H,3,8H2,1-2H3/t9?,12-,13-/m1/s1. The first-order valence-corrected chi connectivity index (χ1v) is 7.55. The lowest BCUT2D eigenvalue weighted by Gasteiger charge is -2.15. The Morgan fingerprint density at radius 2 is 2.33 bits per heavy atom. The van der Waals surface area contributed by atoms with Crippen LogP contribution in [0.4, 0.5) is 0 Å². The first kappa shape index (κ1) is 12.4. The van der Waals surface area contributed by atoms with E-state index in [9.17, 15) is 0 Å². The molecule has 0 radical (unpaired) electrons. The van der Waals surface area contributed by atoms with Crippen molar-refractivity contribution in [3.05, 3.63) is 28.1 Å². The highest BCUT2D eigenvalue weighted by atomic mass is 127. The van der Waals surface area contributed by atoms with Crippen molar-refractivity contribution in [2.45, 2.75) is 39.0 Å². The van der Waals surface area contributed by atoms with E-state index in [-0.39, 0.29) is 6.23 Å². The minimum atomic E-state index is 0.146. The quantitative estimate of drug-likeness (QED) is 0.762. The number of aromatic nitrogens is 2. The van der Waals surface area contributed by atoms with Crippen LogP contribution in [0.1, 0.15) is 32.9 Å². The summed E-state index contributed by atoms with van der Waals surface area (Å²) in [5.74, 6) is 0.625. The highest BCUT2D eigenvalue weighted by Gasteiger charge is 2.32. The molecule has 1 unspecified atom stereocenters. The Morgan fingerprint density at radius 3 is 3.06 bits per heavy atom. The smallest absolute Gasteiger partial charge is 0.143 e. The predicted octanol–water partition coefficient (Wildman–Crippen LogP) is 3.97. The molecule has 18 heavy (non-hydrogen) atoms. The van der Waals surface area contributed by atoms with E-state index in [4.69, 9.17) is 4.74 Å². The van der Waals surface area contributed by atoms with Gasteiger partial charge < -0.3 is 9.30 Å². The van der Waals surface area contributed by atoms with Crippen LogP contribution < -0.4 is 0 Å². The predicted molar refractivity (Wildman–Crippen MR) is 80.4 cm³/mol. The molecule has 3 nitrogen and oxygen atoms in total. The molecule has 96 valence electrons. The third kappa shape index (κ3) is 1.95. The second-order valence-corrected chi connectivity index (χ2v) is 6.17. The van der Waals surface area contributed by atoms with Crippen LogP contribution in [-0.2, 0) is 4.74 Å². The summed E-state index contributed by atoms with van der Waals surface area (Å²) in [6.07, 6.45) is 6.67. The van der Waals surface area contributed by atoms with E-state index in [1.165, 1.54) is 8.96 Å². The molecule has 2 aromatic rings. The van der Waals surface area contributed by atoms with Crippen LogP contribution >= 0.6 is 22.6 Å². The van der Waals surface area contributed by atoms with Crippen molar-refractivity contribution in [2.75, 3.05) is 0 Å². The van der Waals surface area contributed by atoms with Crippen LogP contribution in [0.3, 0.4) is 0 Å². The third-order valence-electron chi connectivity index (χ3n) is 3.81. The molecular formula is C14H17IN2O. The molecular weight excluding hydrogens is 339 g/mol. The Morgan fingerprint density at radius 1 is 1.50 bits per heavy atom. The summed E-state index contributed by atoms with van der Waals surface area (Å²) in [4.78, 5) is 4.50. The number of hydrogen-bond donors (Lipinski definition) is 0. The largest absolute Gasteiger partial charge is 0.354 e. The summed E-state index contributed by atoms with van der Waals surface area (Å²) in [6.45, 7) is 4.47. The van der Waals surface area contributed by atoms with E-state index in [1.807, 2.05) is 12.3 Å². The molecule has 3 atom stereocenters. The average Bonchev–Trinajstić information content (AvgIpc) is 2.93. The Bertz CT molecular complexity index is 566. The minimum absolute atomic E-state index is 0.146. The fourth-order valence-corrected chi connectivity index (χ4v) is 3.38. The van der Waals surface area contributed by atoms with E-state index in [2.05, 4.69) is 58.3 Å². The second kappa shape index (κ2) is 4.81. The summed E-state index contributed by atoms with van der Waals surface area (Å²) in [5, 5.41) is 1.22. The monoisotopic (exact) mass is 356 g/mol. The zero-order chi connectivity index (χ0) is 12.7. The average molecular weight is 356 g/mol. The number of ether oxygens (including phenoxy) is 1. The maximum atomic E-state index is 6.14. The zero-order valence-corrected chi connectivity index (χ0v) is 12.8. The van der Waals surface area contributed by atoms with Crippen LogP contribution in [0.15, 0.2) is 24.5 Å². The molecule has 3 rings (SSSR count). The lowest BCUT2D eigenvalue weighted by atomic mass is 10.0. The number of halogens is 1. The van der Waals surface area contributed by atoms with Gasteiger partial charge >= 0.3 is 0 Å². The molecule has 1 aliphatic rings. The molecule has 0 N–H and O–H groups in total. The first-order valence-electron chi connectivity index (χ1n) is 6.47. The highest BCUT2D eigenvalue weighted by molar-refractivity contribution is 14.1. The number of pyridine rings is 1. The lowest BCUT2D eigenvalue weighted by Crippen LogP contribution is -2.12. The van der Waals surface area contributed by atoms with Crippen molar-refractivity contribution in [2.24, 2.45) is 5.92 Å². The van der Waals surface area contributed by atoms with E-state index >= 15 is 0 Å². The molecule has 0 saturated carbocycles. The number of fused-ring (bicyclic) bond motifs is 1. The minimum Gasteiger partial charge on any atom is -0.354 e. The van der Waals surface area contributed by atoms with Gasteiger partial charge in [0, 0.05) is 21.4 Å². The van der Waals surface area contributed by atoms with E-state index in [0.717, 1.165) is 18.5 Å². The fourth-order valence-electron chi connectivity index (χ4n) is 2.80. The van der Waals surface area contributed by atoms with Gasteiger partial charge in [-0.1, -0.05) is 13.8 Å². The van der Waals surface area contributed by atoms with Crippen molar-refractivity contribution in [1.29, 1.82) is 0 Å². The molecule has 2 aromatic heterocycles. The molecule has 0 bridgehead atoms. The molecule has 4 heteroatoms.